The molecule has 0 fully saturated rings. The van der Waals surface area contributed by atoms with Crippen LogP contribution in [0.15, 0.2) is 50.4 Å². The molecule has 2 aromatic carbocycles. The molecule has 0 bridgehead atoms. The summed E-state index contributed by atoms with van der Waals surface area (Å²) < 4.78 is 10.1. The third kappa shape index (κ3) is 2.46. The molecule has 0 saturated carbocycles. The van der Waals surface area contributed by atoms with Gasteiger partial charge in [0.1, 0.15) is 5.58 Å². The summed E-state index contributed by atoms with van der Waals surface area (Å²) >= 11 is 0. The Labute approximate surface area is 124 Å². The van der Waals surface area contributed by atoms with E-state index < -0.39 is 11.3 Å². The molecule has 2 N–H and O–H groups in total. The quantitative estimate of drug-likeness (QED) is 0.769. The molecule has 0 radical (unpaired) electrons. The van der Waals surface area contributed by atoms with Gasteiger partial charge in [-0.2, -0.15) is 0 Å². The molecule has 0 spiro atoms. The van der Waals surface area contributed by atoms with Gasteiger partial charge in [0.05, 0.1) is 12.5 Å². The van der Waals surface area contributed by atoms with Crippen LogP contribution >= 0.6 is 0 Å². The fourth-order valence-corrected chi connectivity index (χ4v) is 2.40. The number of aromatic nitrogens is 1. The summed E-state index contributed by atoms with van der Waals surface area (Å²) in [5.74, 6) is -0.368. The molecular weight excluding hydrogens is 286 g/mol. The van der Waals surface area contributed by atoms with E-state index in [1.54, 1.807) is 30.3 Å². The number of aromatic hydroxyl groups is 1. The molecule has 0 amide bonds. The van der Waals surface area contributed by atoms with Gasteiger partial charge in [0.25, 0.3) is 5.56 Å². The molecule has 0 aliphatic rings. The van der Waals surface area contributed by atoms with Crippen molar-refractivity contribution in [3.8, 4) is 11.5 Å². The van der Waals surface area contributed by atoms with Crippen LogP contribution in [0.25, 0.3) is 11.0 Å². The highest BCUT2D eigenvalue weighted by atomic mass is 16.5. The van der Waals surface area contributed by atoms with Crippen molar-refractivity contribution in [2.45, 2.75) is 6.42 Å². The Morgan fingerprint density at radius 1 is 1.23 bits per heavy atom. The average Bonchev–Trinajstić information content (AvgIpc) is 2.48. The van der Waals surface area contributed by atoms with Crippen LogP contribution in [0.1, 0.15) is 11.1 Å². The minimum Gasteiger partial charge on any atom is -0.504 e. The van der Waals surface area contributed by atoms with E-state index >= 15 is 0 Å². The van der Waals surface area contributed by atoms with Crippen LogP contribution in [-0.4, -0.2) is 17.2 Å². The Hall–Kier alpha value is -3.02. The number of hydrogen-bond acceptors (Lipinski definition) is 5. The van der Waals surface area contributed by atoms with Crippen molar-refractivity contribution < 1.29 is 14.3 Å². The van der Waals surface area contributed by atoms with Crippen LogP contribution in [0, 0.1) is 0 Å². The van der Waals surface area contributed by atoms with Crippen molar-refractivity contribution in [3.63, 3.8) is 0 Å². The molecule has 6 nitrogen and oxygen atoms in total. The lowest BCUT2D eigenvalue weighted by Crippen LogP contribution is -2.19. The van der Waals surface area contributed by atoms with Crippen molar-refractivity contribution in [2.75, 3.05) is 7.11 Å². The Balaban J connectivity index is 2.12. The van der Waals surface area contributed by atoms with Crippen molar-refractivity contribution >= 4 is 11.0 Å². The lowest BCUT2D eigenvalue weighted by molar-refractivity contribution is 0.373. The molecule has 112 valence electrons. The van der Waals surface area contributed by atoms with Gasteiger partial charge in [0.15, 0.2) is 11.5 Å². The van der Waals surface area contributed by atoms with Gasteiger partial charge in [-0.3, -0.25) is 9.78 Å². The molecule has 1 heterocycles. The standard InChI is InChI=1S/C16H13NO5/c1-21-13-8-9(5-6-11(13)18)7-10-3-2-4-12-14(10)15(19)17-16(20)22-12/h2-6,8,18H,7H2,1H3,(H,17,19,20). The highest BCUT2D eigenvalue weighted by Gasteiger charge is 2.10. The minimum atomic E-state index is -0.777. The first-order chi connectivity index (χ1) is 10.6. The summed E-state index contributed by atoms with van der Waals surface area (Å²) in [6.07, 6.45) is 0.435. The van der Waals surface area contributed by atoms with Crippen LogP contribution in [0.2, 0.25) is 0 Å². The summed E-state index contributed by atoms with van der Waals surface area (Å²) in [6.45, 7) is 0. The van der Waals surface area contributed by atoms with Crippen LogP contribution in [0.4, 0.5) is 0 Å². The number of ether oxygens (including phenoxy) is 1. The molecule has 0 unspecified atom stereocenters. The maximum atomic E-state index is 12.0. The van der Waals surface area contributed by atoms with Gasteiger partial charge in [0.2, 0.25) is 0 Å². The Morgan fingerprint density at radius 2 is 2.05 bits per heavy atom. The molecule has 1 aromatic heterocycles. The Bertz CT molecular complexity index is 955. The van der Waals surface area contributed by atoms with Crippen molar-refractivity contribution in [1.82, 2.24) is 4.98 Å². The number of aromatic amines is 1. The van der Waals surface area contributed by atoms with Gasteiger partial charge in [-0.25, -0.2) is 4.79 Å². The van der Waals surface area contributed by atoms with E-state index in [1.165, 1.54) is 13.2 Å². The third-order valence-electron chi connectivity index (χ3n) is 3.40. The molecule has 0 atom stereocenters. The van der Waals surface area contributed by atoms with Crippen LogP contribution in [0.3, 0.4) is 0 Å². The number of nitrogens with one attached hydrogen (secondary N) is 1. The molecular formula is C16H13NO5. The second-order valence-electron chi connectivity index (χ2n) is 4.82. The first-order valence-corrected chi connectivity index (χ1v) is 6.59. The van der Waals surface area contributed by atoms with Crippen molar-refractivity contribution in [1.29, 1.82) is 0 Å². The van der Waals surface area contributed by atoms with E-state index in [0.29, 0.717) is 17.6 Å². The predicted molar refractivity (Wildman–Crippen MR) is 80.6 cm³/mol. The van der Waals surface area contributed by atoms with E-state index in [4.69, 9.17) is 9.15 Å². The number of fused-ring (bicyclic) bond motifs is 1. The Kier molecular flexibility index (Phi) is 3.42. The maximum Gasteiger partial charge on any atom is 0.419 e. The van der Waals surface area contributed by atoms with Gasteiger partial charge in [-0.1, -0.05) is 18.2 Å². The van der Waals surface area contributed by atoms with Gasteiger partial charge in [-0.15, -0.1) is 0 Å². The van der Waals surface area contributed by atoms with E-state index in [1.807, 2.05) is 0 Å². The highest BCUT2D eigenvalue weighted by Crippen LogP contribution is 2.28. The van der Waals surface area contributed by atoms with Crippen molar-refractivity contribution in [3.05, 3.63) is 68.4 Å². The number of phenols is 1. The molecule has 0 aliphatic carbocycles. The molecule has 3 rings (SSSR count). The smallest absolute Gasteiger partial charge is 0.419 e. The van der Waals surface area contributed by atoms with E-state index in [0.717, 1.165) is 11.1 Å². The fraction of sp³-hybridized carbons (Fsp3) is 0.125. The number of phenolic OH excluding ortho intramolecular Hbond substituents is 1. The summed E-state index contributed by atoms with van der Waals surface area (Å²) in [4.78, 5) is 25.4. The number of benzene rings is 2. The Morgan fingerprint density at radius 3 is 2.82 bits per heavy atom. The topological polar surface area (TPSA) is 92.5 Å². The van der Waals surface area contributed by atoms with Gasteiger partial charge >= 0.3 is 5.76 Å². The predicted octanol–water partition coefficient (Wildman–Crippen LogP) is 1.79. The second kappa shape index (κ2) is 5.40. The summed E-state index contributed by atoms with van der Waals surface area (Å²) in [5.41, 5.74) is 1.34. The average molecular weight is 299 g/mol. The summed E-state index contributed by atoms with van der Waals surface area (Å²) in [6, 6.07) is 10.1. The molecule has 3 aromatic rings. The van der Waals surface area contributed by atoms with Gasteiger partial charge < -0.3 is 14.3 Å². The molecule has 22 heavy (non-hydrogen) atoms. The van der Waals surface area contributed by atoms with E-state index in [9.17, 15) is 14.7 Å². The van der Waals surface area contributed by atoms with Crippen LogP contribution in [-0.2, 0) is 6.42 Å². The molecule has 6 heteroatoms. The number of H-pyrrole nitrogens is 1. The SMILES string of the molecule is COc1cc(Cc2cccc3oc(=O)[nH]c(=O)c23)ccc1O. The number of hydrogen-bond donors (Lipinski definition) is 2. The van der Waals surface area contributed by atoms with E-state index in [-0.39, 0.29) is 11.3 Å². The van der Waals surface area contributed by atoms with Gasteiger partial charge in [-0.05, 0) is 35.7 Å². The van der Waals surface area contributed by atoms with E-state index in [2.05, 4.69) is 4.98 Å². The zero-order chi connectivity index (χ0) is 15.7. The zero-order valence-corrected chi connectivity index (χ0v) is 11.8. The van der Waals surface area contributed by atoms with Crippen LogP contribution < -0.4 is 16.1 Å². The first kappa shape index (κ1) is 13.9. The lowest BCUT2D eigenvalue weighted by atomic mass is 10.0. The zero-order valence-electron chi connectivity index (χ0n) is 11.8. The summed E-state index contributed by atoms with van der Waals surface area (Å²) in [7, 11) is 1.47. The second-order valence-corrected chi connectivity index (χ2v) is 4.82. The lowest BCUT2D eigenvalue weighted by Gasteiger charge is -2.08. The molecule has 0 saturated heterocycles. The minimum absolute atomic E-state index is 0.0491. The van der Waals surface area contributed by atoms with Crippen molar-refractivity contribution in [2.24, 2.45) is 0 Å². The largest absolute Gasteiger partial charge is 0.504 e. The fourth-order valence-electron chi connectivity index (χ4n) is 2.40. The third-order valence-corrected chi connectivity index (χ3v) is 3.40. The van der Waals surface area contributed by atoms with Crippen LogP contribution in [0.5, 0.6) is 11.5 Å². The number of methoxy groups -OCH3 is 1. The monoisotopic (exact) mass is 299 g/mol. The highest BCUT2D eigenvalue weighted by molar-refractivity contribution is 5.79. The van der Waals surface area contributed by atoms with Gasteiger partial charge in [0, 0.05) is 0 Å². The molecule has 0 aliphatic heterocycles. The maximum absolute atomic E-state index is 12.0. The number of rotatable bonds is 3. The summed E-state index contributed by atoms with van der Waals surface area (Å²) in [5, 5.41) is 9.96. The first-order valence-electron chi connectivity index (χ1n) is 6.59. The normalized spacial score (nSPS) is 10.8.